The molecule has 1 amide bonds. The van der Waals surface area contributed by atoms with Crippen LogP contribution in [-0.4, -0.2) is 24.1 Å². The van der Waals surface area contributed by atoms with Crippen LogP contribution in [0.2, 0.25) is 0 Å². The minimum absolute atomic E-state index is 0.328. The van der Waals surface area contributed by atoms with Crippen molar-refractivity contribution in [2.75, 3.05) is 12.4 Å². The number of ether oxygens (including phenoxy) is 2. The van der Waals surface area contributed by atoms with Gasteiger partial charge in [0.25, 0.3) is 5.91 Å². The first-order valence-electron chi connectivity index (χ1n) is 6.31. The van der Waals surface area contributed by atoms with E-state index < -0.39 is 6.10 Å². The van der Waals surface area contributed by atoms with Crippen molar-refractivity contribution in [1.29, 1.82) is 0 Å². The van der Waals surface area contributed by atoms with Gasteiger partial charge in [0.1, 0.15) is 11.6 Å². The van der Waals surface area contributed by atoms with Crippen LogP contribution in [0.25, 0.3) is 0 Å². The number of carbonyl (C=O) groups is 1. The summed E-state index contributed by atoms with van der Waals surface area (Å²) in [6.07, 6.45) is 0.763. The van der Waals surface area contributed by atoms with E-state index in [9.17, 15) is 9.18 Å². The molecule has 1 aromatic heterocycles. The highest BCUT2D eigenvalue weighted by Crippen LogP contribution is 2.15. The zero-order chi connectivity index (χ0) is 15.2. The van der Waals surface area contributed by atoms with Gasteiger partial charge in [0.2, 0.25) is 5.88 Å². The van der Waals surface area contributed by atoms with Crippen LogP contribution in [-0.2, 0) is 4.79 Å². The van der Waals surface area contributed by atoms with Crippen LogP contribution < -0.4 is 14.8 Å². The third-order valence-corrected chi connectivity index (χ3v) is 2.71. The molecule has 0 spiro atoms. The highest BCUT2D eigenvalue weighted by atomic mass is 19.1. The molecule has 0 aliphatic heterocycles. The highest BCUT2D eigenvalue weighted by Gasteiger charge is 2.15. The predicted octanol–water partition coefficient (Wildman–Crippen LogP) is 2.64. The number of aromatic nitrogens is 1. The lowest BCUT2D eigenvalue weighted by Crippen LogP contribution is -2.30. The number of rotatable bonds is 5. The molecule has 110 valence electrons. The maximum absolute atomic E-state index is 12.8. The number of methoxy groups -OCH3 is 1. The summed E-state index contributed by atoms with van der Waals surface area (Å²) >= 11 is 0. The lowest BCUT2D eigenvalue weighted by molar-refractivity contribution is -0.122. The fraction of sp³-hybridized carbons (Fsp3) is 0.200. The monoisotopic (exact) mass is 290 g/mol. The Morgan fingerprint density at radius 2 is 1.95 bits per heavy atom. The lowest BCUT2D eigenvalue weighted by atomic mass is 10.3. The lowest BCUT2D eigenvalue weighted by Gasteiger charge is -2.14. The van der Waals surface area contributed by atoms with Crippen LogP contribution in [0.15, 0.2) is 42.6 Å². The largest absolute Gasteiger partial charge is 0.481 e. The van der Waals surface area contributed by atoms with Gasteiger partial charge in [-0.15, -0.1) is 0 Å². The van der Waals surface area contributed by atoms with E-state index in [-0.39, 0.29) is 11.7 Å². The molecule has 1 aromatic carbocycles. The first-order valence-corrected chi connectivity index (χ1v) is 6.31. The Morgan fingerprint density at radius 1 is 1.24 bits per heavy atom. The molecule has 0 fully saturated rings. The molecule has 5 nitrogen and oxygen atoms in total. The molecule has 2 rings (SSSR count). The summed E-state index contributed by atoms with van der Waals surface area (Å²) in [6, 6.07) is 8.79. The number of anilines is 1. The van der Waals surface area contributed by atoms with E-state index in [0.29, 0.717) is 17.3 Å². The Kier molecular flexibility index (Phi) is 4.71. The van der Waals surface area contributed by atoms with Crippen molar-refractivity contribution in [3.05, 3.63) is 48.4 Å². The number of halogens is 1. The summed E-state index contributed by atoms with van der Waals surface area (Å²) in [5.74, 6) is 0.200. The molecule has 0 unspecified atom stereocenters. The van der Waals surface area contributed by atoms with Crippen LogP contribution in [0, 0.1) is 5.82 Å². The maximum atomic E-state index is 12.8. The second-order valence-electron chi connectivity index (χ2n) is 4.29. The average Bonchev–Trinajstić information content (AvgIpc) is 2.50. The van der Waals surface area contributed by atoms with E-state index in [4.69, 9.17) is 9.47 Å². The number of nitrogens with one attached hydrogen (secondary N) is 1. The standard InChI is InChI=1S/C15H15FN2O3/c1-10(21-13-6-3-11(16)4-7-13)15(19)18-12-5-8-14(20-2)17-9-12/h3-10H,1-2H3,(H,18,19)/t10-/m0/s1. The smallest absolute Gasteiger partial charge is 0.265 e. The Bertz CT molecular complexity index is 599. The second kappa shape index (κ2) is 6.69. The topological polar surface area (TPSA) is 60.5 Å². The number of hydrogen-bond acceptors (Lipinski definition) is 4. The number of nitrogens with zero attached hydrogens (tertiary/aromatic N) is 1. The SMILES string of the molecule is COc1ccc(NC(=O)[C@H](C)Oc2ccc(F)cc2)cn1. The van der Waals surface area contributed by atoms with Gasteiger partial charge in [0.15, 0.2) is 6.10 Å². The number of hydrogen-bond donors (Lipinski definition) is 1. The fourth-order valence-corrected chi connectivity index (χ4v) is 1.59. The van der Waals surface area contributed by atoms with E-state index in [2.05, 4.69) is 10.3 Å². The van der Waals surface area contributed by atoms with E-state index >= 15 is 0 Å². The summed E-state index contributed by atoms with van der Waals surface area (Å²) in [4.78, 5) is 16.0. The Balaban J connectivity index is 1.93. The van der Waals surface area contributed by atoms with Gasteiger partial charge in [-0.2, -0.15) is 0 Å². The number of pyridine rings is 1. The van der Waals surface area contributed by atoms with Crippen LogP contribution >= 0.6 is 0 Å². The van der Waals surface area contributed by atoms with Gasteiger partial charge in [-0.3, -0.25) is 4.79 Å². The maximum Gasteiger partial charge on any atom is 0.265 e. The van der Waals surface area contributed by atoms with Crippen molar-refractivity contribution in [2.45, 2.75) is 13.0 Å². The van der Waals surface area contributed by atoms with Gasteiger partial charge in [0, 0.05) is 6.07 Å². The molecule has 2 aromatic rings. The number of benzene rings is 1. The Labute approximate surface area is 121 Å². The molecule has 0 saturated carbocycles. The highest BCUT2D eigenvalue weighted by molar-refractivity contribution is 5.93. The van der Waals surface area contributed by atoms with Crippen molar-refractivity contribution in [3.8, 4) is 11.6 Å². The van der Waals surface area contributed by atoms with Crippen LogP contribution in [0.3, 0.4) is 0 Å². The minimum atomic E-state index is -0.724. The van der Waals surface area contributed by atoms with Gasteiger partial charge in [-0.25, -0.2) is 9.37 Å². The molecule has 0 aliphatic rings. The zero-order valence-corrected chi connectivity index (χ0v) is 11.7. The predicted molar refractivity (Wildman–Crippen MR) is 75.9 cm³/mol. The van der Waals surface area contributed by atoms with E-state index in [1.165, 1.54) is 37.6 Å². The molecule has 1 heterocycles. The van der Waals surface area contributed by atoms with Crippen molar-refractivity contribution >= 4 is 11.6 Å². The van der Waals surface area contributed by atoms with Crippen LogP contribution in [0.4, 0.5) is 10.1 Å². The summed E-state index contributed by atoms with van der Waals surface area (Å²) in [6.45, 7) is 1.61. The number of carbonyl (C=O) groups excluding carboxylic acids is 1. The van der Waals surface area contributed by atoms with E-state index in [0.717, 1.165) is 0 Å². The minimum Gasteiger partial charge on any atom is -0.481 e. The van der Waals surface area contributed by atoms with Crippen LogP contribution in [0.5, 0.6) is 11.6 Å². The second-order valence-corrected chi connectivity index (χ2v) is 4.29. The molecular weight excluding hydrogens is 275 g/mol. The Hall–Kier alpha value is -2.63. The molecule has 6 heteroatoms. The first-order chi connectivity index (χ1) is 10.1. The third-order valence-electron chi connectivity index (χ3n) is 2.71. The Morgan fingerprint density at radius 3 is 2.52 bits per heavy atom. The summed E-state index contributed by atoms with van der Waals surface area (Å²) in [5.41, 5.74) is 0.537. The third kappa shape index (κ3) is 4.17. The van der Waals surface area contributed by atoms with E-state index in [1.807, 2.05) is 0 Å². The van der Waals surface area contributed by atoms with Crippen molar-refractivity contribution in [1.82, 2.24) is 4.98 Å². The van der Waals surface area contributed by atoms with Crippen LogP contribution in [0.1, 0.15) is 6.92 Å². The average molecular weight is 290 g/mol. The molecule has 0 saturated heterocycles. The van der Waals surface area contributed by atoms with Gasteiger partial charge < -0.3 is 14.8 Å². The quantitative estimate of drug-likeness (QED) is 0.919. The molecular formula is C15H15FN2O3. The first kappa shape index (κ1) is 14.8. The molecule has 0 radical (unpaired) electrons. The normalized spacial score (nSPS) is 11.6. The molecule has 1 N–H and O–H groups in total. The van der Waals surface area contributed by atoms with Crippen molar-refractivity contribution in [2.24, 2.45) is 0 Å². The van der Waals surface area contributed by atoms with Gasteiger partial charge in [-0.05, 0) is 37.3 Å². The summed E-state index contributed by atoms with van der Waals surface area (Å²) in [5, 5.41) is 2.67. The van der Waals surface area contributed by atoms with E-state index in [1.54, 1.807) is 19.1 Å². The van der Waals surface area contributed by atoms with Gasteiger partial charge in [0.05, 0.1) is 19.0 Å². The van der Waals surface area contributed by atoms with Crippen molar-refractivity contribution < 1.29 is 18.7 Å². The van der Waals surface area contributed by atoms with Crippen molar-refractivity contribution in [3.63, 3.8) is 0 Å². The molecule has 21 heavy (non-hydrogen) atoms. The molecule has 0 aliphatic carbocycles. The van der Waals surface area contributed by atoms with Gasteiger partial charge in [-0.1, -0.05) is 0 Å². The fourth-order valence-electron chi connectivity index (χ4n) is 1.59. The van der Waals surface area contributed by atoms with Gasteiger partial charge >= 0.3 is 0 Å². The molecule has 1 atom stereocenters. The molecule has 0 bridgehead atoms. The zero-order valence-electron chi connectivity index (χ0n) is 11.7. The number of amides is 1. The summed E-state index contributed by atoms with van der Waals surface area (Å²) < 4.78 is 23.1. The summed E-state index contributed by atoms with van der Waals surface area (Å²) in [7, 11) is 1.51.